The molecular weight excluding hydrogens is 295 g/mol. The minimum atomic E-state index is -3.82. The van der Waals surface area contributed by atoms with Crippen LogP contribution >= 0.6 is 0 Å². The maximum absolute atomic E-state index is 13.3. The zero-order valence-electron chi connectivity index (χ0n) is 11.1. The number of sulfonamides is 1. The SMILES string of the molecule is NCc1cc(S(=O)(=O)Nc2ccc(CO)cc2)ccc1F. The normalized spacial score (nSPS) is 11.4. The lowest BCUT2D eigenvalue weighted by molar-refractivity contribution is 0.282. The molecule has 0 aromatic heterocycles. The summed E-state index contributed by atoms with van der Waals surface area (Å²) in [5.41, 5.74) is 6.53. The molecule has 5 nitrogen and oxygen atoms in total. The Morgan fingerprint density at radius 1 is 1.14 bits per heavy atom. The zero-order chi connectivity index (χ0) is 15.5. The molecule has 0 unspecified atom stereocenters. The lowest BCUT2D eigenvalue weighted by Gasteiger charge is -2.10. The molecule has 0 bridgehead atoms. The number of aliphatic hydroxyl groups is 1. The van der Waals surface area contributed by atoms with Crippen molar-refractivity contribution in [2.24, 2.45) is 5.73 Å². The van der Waals surface area contributed by atoms with Crippen molar-refractivity contribution in [1.82, 2.24) is 0 Å². The molecule has 0 saturated carbocycles. The number of halogens is 1. The van der Waals surface area contributed by atoms with Crippen LogP contribution in [0.2, 0.25) is 0 Å². The van der Waals surface area contributed by atoms with Crippen LogP contribution in [0.15, 0.2) is 47.4 Å². The van der Waals surface area contributed by atoms with Crippen LogP contribution in [-0.4, -0.2) is 13.5 Å². The molecule has 112 valence electrons. The zero-order valence-corrected chi connectivity index (χ0v) is 11.9. The fourth-order valence-corrected chi connectivity index (χ4v) is 2.88. The average molecular weight is 310 g/mol. The first kappa shape index (κ1) is 15.4. The second-order valence-electron chi connectivity index (χ2n) is 4.42. The molecule has 0 aliphatic rings. The molecule has 0 atom stereocenters. The molecule has 2 rings (SSSR count). The van der Waals surface area contributed by atoms with Gasteiger partial charge in [-0.15, -0.1) is 0 Å². The first-order chi connectivity index (χ1) is 9.96. The van der Waals surface area contributed by atoms with E-state index in [2.05, 4.69) is 4.72 Å². The van der Waals surface area contributed by atoms with E-state index in [9.17, 15) is 12.8 Å². The standard InChI is InChI=1S/C14H15FN2O3S/c15-14-6-5-13(7-11(14)8-16)21(19,20)17-12-3-1-10(9-18)2-4-12/h1-7,17-18H,8-9,16H2. The Hall–Kier alpha value is -1.96. The Morgan fingerprint density at radius 3 is 2.38 bits per heavy atom. The van der Waals surface area contributed by atoms with Crippen molar-refractivity contribution in [2.45, 2.75) is 18.0 Å². The summed E-state index contributed by atoms with van der Waals surface area (Å²) < 4.78 is 40.2. The van der Waals surface area contributed by atoms with Gasteiger partial charge in [0, 0.05) is 17.8 Å². The Labute approximate surface area is 122 Å². The van der Waals surface area contributed by atoms with Crippen LogP contribution in [0.5, 0.6) is 0 Å². The fraction of sp³-hybridized carbons (Fsp3) is 0.143. The van der Waals surface area contributed by atoms with Crippen LogP contribution in [0.1, 0.15) is 11.1 Å². The van der Waals surface area contributed by atoms with Crippen molar-refractivity contribution in [2.75, 3.05) is 4.72 Å². The van der Waals surface area contributed by atoms with E-state index in [0.717, 1.165) is 6.07 Å². The van der Waals surface area contributed by atoms with Gasteiger partial charge in [-0.2, -0.15) is 0 Å². The number of rotatable bonds is 5. The van der Waals surface area contributed by atoms with E-state index >= 15 is 0 Å². The van der Waals surface area contributed by atoms with Crippen molar-refractivity contribution >= 4 is 15.7 Å². The molecule has 0 saturated heterocycles. The molecule has 7 heteroatoms. The third-order valence-electron chi connectivity index (χ3n) is 2.94. The van der Waals surface area contributed by atoms with Crippen molar-refractivity contribution in [3.8, 4) is 0 Å². The quantitative estimate of drug-likeness (QED) is 0.781. The van der Waals surface area contributed by atoms with Gasteiger partial charge in [-0.1, -0.05) is 12.1 Å². The van der Waals surface area contributed by atoms with Gasteiger partial charge in [-0.3, -0.25) is 4.72 Å². The van der Waals surface area contributed by atoms with Crippen molar-refractivity contribution in [1.29, 1.82) is 0 Å². The Bertz CT molecular complexity index is 730. The molecule has 21 heavy (non-hydrogen) atoms. The number of hydrogen-bond donors (Lipinski definition) is 3. The highest BCUT2D eigenvalue weighted by Gasteiger charge is 2.16. The highest BCUT2D eigenvalue weighted by Crippen LogP contribution is 2.19. The van der Waals surface area contributed by atoms with Gasteiger partial charge in [0.15, 0.2) is 0 Å². The summed E-state index contributed by atoms with van der Waals surface area (Å²) in [6.07, 6.45) is 0. The Kier molecular flexibility index (Phi) is 4.56. The number of aliphatic hydroxyl groups excluding tert-OH is 1. The molecular formula is C14H15FN2O3S. The lowest BCUT2D eigenvalue weighted by atomic mass is 10.2. The van der Waals surface area contributed by atoms with Crippen LogP contribution in [0.4, 0.5) is 10.1 Å². The molecule has 0 heterocycles. The molecule has 0 spiro atoms. The smallest absolute Gasteiger partial charge is 0.261 e. The van der Waals surface area contributed by atoms with Crippen molar-refractivity contribution in [3.05, 3.63) is 59.4 Å². The van der Waals surface area contributed by atoms with Crippen LogP contribution in [0.25, 0.3) is 0 Å². The van der Waals surface area contributed by atoms with Gasteiger partial charge in [-0.05, 0) is 35.9 Å². The minimum Gasteiger partial charge on any atom is -0.392 e. The van der Waals surface area contributed by atoms with Gasteiger partial charge < -0.3 is 10.8 Å². The van der Waals surface area contributed by atoms with Gasteiger partial charge in [0.2, 0.25) is 0 Å². The predicted octanol–water partition coefficient (Wildman–Crippen LogP) is 1.58. The molecule has 0 amide bonds. The number of nitrogens with one attached hydrogen (secondary N) is 1. The predicted molar refractivity (Wildman–Crippen MR) is 77.5 cm³/mol. The molecule has 2 aromatic rings. The number of hydrogen-bond acceptors (Lipinski definition) is 4. The van der Waals surface area contributed by atoms with Crippen LogP contribution in [0.3, 0.4) is 0 Å². The van der Waals surface area contributed by atoms with Gasteiger partial charge in [0.1, 0.15) is 5.82 Å². The van der Waals surface area contributed by atoms with Crippen molar-refractivity contribution in [3.63, 3.8) is 0 Å². The number of anilines is 1. The summed E-state index contributed by atoms with van der Waals surface area (Å²) in [5, 5.41) is 8.94. The van der Waals surface area contributed by atoms with E-state index in [-0.39, 0.29) is 23.6 Å². The first-order valence-corrected chi connectivity index (χ1v) is 7.65. The lowest BCUT2D eigenvalue weighted by Crippen LogP contribution is -2.14. The van der Waals surface area contributed by atoms with Crippen LogP contribution < -0.4 is 10.5 Å². The summed E-state index contributed by atoms with van der Waals surface area (Å²) in [7, 11) is -3.82. The monoisotopic (exact) mass is 310 g/mol. The molecule has 0 aliphatic carbocycles. The number of nitrogens with two attached hydrogens (primary N) is 1. The second-order valence-corrected chi connectivity index (χ2v) is 6.10. The summed E-state index contributed by atoms with van der Waals surface area (Å²) >= 11 is 0. The highest BCUT2D eigenvalue weighted by molar-refractivity contribution is 7.92. The third-order valence-corrected chi connectivity index (χ3v) is 4.32. The van der Waals surface area contributed by atoms with E-state index < -0.39 is 15.8 Å². The largest absolute Gasteiger partial charge is 0.392 e. The highest BCUT2D eigenvalue weighted by atomic mass is 32.2. The van der Waals surface area contributed by atoms with E-state index in [0.29, 0.717) is 11.3 Å². The van der Waals surface area contributed by atoms with Gasteiger partial charge >= 0.3 is 0 Å². The summed E-state index contributed by atoms with van der Waals surface area (Å²) in [6.45, 7) is -0.203. The van der Waals surface area contributed by atoms with Gasteiger partial charge in [-0.25, -0.2) is 12.8 Å². The topological polar surface area (TPSA) is 92.4 Å². The molecule has 2 aromatic carbocycles. The Morgan fingerprint density at radius 2 is 1.81 bits per heavy atom. The van der Waals surface area contributed by atoms with Crippen LogP contribution in [0, 0.1) is 5.82 Å². The third kappa shape index (κ3) is 3.57. The van der Waals surface area contributed by atoms with E-state index in [1.165, 1.54) is 24.3 Å². The summed E-state index contributed by atoms with van der Waals surface area (Å²) in [5.74, 6) is -0.538. The van der Waals surface area contributed by atoms with Crippen LogP contribution in [-0.2, 0) is 23.2 Å². The second kappa shape index (κ2) is 6.21. The average Bonchev–Trinajstić information content (AvgIpc) is 2.48. The Balaban J connectivity index is 2.29. The maximum Gasteiger partial charge on any atom is 0.261 e. The van der Waals surface area contributed by atoms with E-state index in [1.807, 2.05) is 0 Å². The molecule has 0 aliphatic heterocycles. The van der Waals surface area contributed by atoms with Gasteiger partial charge in [0.05, 0.1) is 11.5 Å². The fourth-order valence-electron chi connectivity index (χ4n) is 1.77. The number of benzene rings is 2. The molecule has 0 fully saturated rings. The maximum atomic E-state index is 13.3. The van der Waals surface area contributed by atoms with E-state index in [4.69, 9.17) is 10.8 Å². The summed E-state index contributed by atoms with van der Waals surface area (Å²) in [4.78, 5) is -0.0596. The minimum absolute atomic E-state index is 0.0596. The van der Waals surface area contributed by atoms with Crippen molar-refractivity contribution < 1.29 is 17.9 Å². The van der Waals surface area contributed by atoms with Gasteiger partial charge in [0.25, 0.3) is 10.0 Å². The first-order valence-electron chi connectivity index (χ1n) is 6.17. The van der Waals surface area contributed by atoms with E-state index in [1.54, 1.807) is 12.1 Å². The molecule has 4 N–H and O–H groups in total. The molecule has 0 radical (unpaired) electrons. The summed E-state index contributed by atoms with van der Waals surface area (Å²) in [6, 6.07) is 9.75.